The predicted octanol–water partition coefficient (Wildman–Crippen LogP) is -1.49. The maximum Gasteiger partial charge on any atom is 0.316 e. The summed E-state index contributed by atoms with van der Waals surface area (Å²) in [5, 5.41) is 10.5. The minimum atomic E-state index is -0.803. The zero-order valence-corrected chi connectivity index (χ0v) is 8.11. The maximum absolute atomic E-state index is 11.2. The average molecular weight is 213 g/mol. The van der Waals surface area contributed by atoms with Crippen molar-refractivity contribution in [3.63, 3.8) is 0 Å². The highest BCUT2D eigenvalue weighted by atomic mass is 16.5. The second kappa shape index (κ2) is 5.70. The lowest BCUT2D eigenvalue weighted by atomic mass is 10.5. The number of nitrogens with zero attached hydrogens (tertiary/aromatic N) is 2. The first-order valence-electron chi connectivity index (χ1n) is 4.17. The number of nitrogens with one attached hydrogen (secondary N) is 3. The zero-order chi connectivity index (χ0) is 11.1. The van der Waals surface area contributed by atoms with Gasteiger partial charge in [-0.15, -0.1) is 0 Å². The Morgan fingerprint density at radius 3 is 2.93 bits per heavy atom. The highest BCUT2D eigenvalue weighted by molar-refractivity contribution is 6.39. The highest BCUT2D eigenvalue weighted by Crippen LogP contribution is 1.91. The zero-order valence-electron chi connectivity index (χ0n) is 8.11. The fourth-order valence-electron chi connectivity index (χ4n) is 0.777. The van der Waals surface area contributed by atoms with Gasteiger partial charge in [-0.2, -0.15) is 10.1 Å². The Bertz CT molecular complexity index is 323. The molecule has 1 heterocycles. The number of carbonyl (C=O) groups excluding carboxylic acids is 2. The lowest BCUT2D eigenvalue weighted by Crippen LogP contribution is -2.37. The third-order valence-corrected chi connectivity index (χ3v) is 1.44. The standard InChI is InChI=1S/C7H11N5O3/c1-15-3-2-8-5(13)6(14)11-7-9-4-10-12-7/h4H,2-3H2,1H3,(H,8,13)(H2,9,10,11,12,14). The third-order valence-electron chi connectivity index (χ3n) is 1.44. The van der Waals surface area contributed by atoms with Gasteiger partial charge in [0, 0.05) is 13.7 Å². The summed E-state index contributed by atoms with van der Waals surface area (Å²) in [7, 11) is 1.50. The molecule has 0 bridgehead atoms. The van der Waals surface area contributed by atoms with Crippen LogP contribution in [0.5, 0.6) is 0 Å². The molecule has 0 atom stereocenters. The van der Waals surface area contributed by atoms with Gasteiger partial charge in [0.2, 0.25) is 5.95 Å². The predicted molar refractivity (Wildman–Crippen MR) is 49.9 cm³/mol. The first-order chi connectivity index (χ1) is 7.24. The van der Waals surface area contributed by atoms with E-state index in [1.807, 2.05) is 0 Å². The van der Waals surface area contributed by atoms with Crippen LogP contribution in [0.4, 0.5) is 5.95 Å². The summed E-state index contributed by atoms with van der Waals surface area (Å²) in [4.78, 5) is 25.9. The summed E-state index contributed by atoms with van der Waals surface area (Å²) in [6.45, 7) is 0.625. The third kappa shape index (κ3) is 3.73. The van der Waals surface area contributed by atoms with Gasteiger partial charge in [0.1, 0.15) is 6.33 Å². The molecule has 0 radical (unpaired) electrons. The normalized spacial score (nSPS) is 9.67. The SMILES string of the molecule is COCCNC(=O)C(=O)Nc1ncn[nH]1. The van der Waals surface area contributed by atoms with Crippen molar-refractivity contribution in [1.29, 1.82) is 0 Å². The van der Waals surface area contributed by atoms with Crippen LogP contribution in [0.2, 0.25) is 0 Å². The van der Waals surface area contributed by atoms with Crippen LogP contribution in [0.25, 0.3) is 0 Å². The fraction of sp³-hybridized carbons (Fsp3) is 0.429. The minimum Gasteiger partial charge on any atom is -0.383 e. The quantitative estimate of drug-likeness (QED) is 0.417. The molecule has 0 fully saturated rings. The molecular formula is C7H11N5O3. The highest BCUT2D eigenvalue weighted by Gasteiger charge is 2.13. The van der Waals surface area contributed by atoms with Crippen LogP contribution in [-0.4, -0.2) is 47.3 Å². The van der Waals surface area contributed by atoms with Crippen LogP contribution < -0.4 is 10.6 Å². The summed E-state index contributed by atoms with van der Waals surface area (Å²) >= 11 is 0. The van der Waals surface area contributed by atoms with E-state index in [0.29, 0.717) is 6.61 Å². The monoisotopic (exact) mass is 213 g/mol. The summed E-state index contributed by atoms with van der Waals surface area (Å²) < 4.78 is 4.70. The van der Waals surface area contributed by atoms with Crippen LogP contribution >= 0.6 is 0 Å². The molecule has 0 aromatic carbocycles. The molecule has 1 aromatic heterocycles. The molecule has 0 aliphatic heterocycles. The first kappa shape index (κ1) is 11.1. The second-order valence-corrected chi connectivity index (χ2v) is 2.54. The van der Waals surface area contributed by atoms with Gasteiger partial charge < -0.3 is 10.1 Å². The van der Waals surface area contributed by atoms with Gasteiger partial charge in [0.15, 0.2) is 0 Å². The maximum atomic E-state index is 11.2. The molecule has 0 saturated carbocycles. The van der Waals surface area contributed by atoms with Gasteiger partial charge >= 0.3 is 11.8 Å². The van der Waals surface area contributed by atoms with Crippen molar-refractivity contribution in [2.45, 2.75) is 0 Å². The Labute approximate surface area is 85.4 Å². The molecular weight excluding hydrogens is 202 g/mol. The molecule has 8 nitrogen and oxygen atoms in total. The summed E-state index contributed by atoms with van der Waals surface area (Å²) in [6.07, 6.45) is 1.22. The fourth-order valence-corrected chi connectivity index (χ4v) is 0.777. The molecule has 1 aromatic rings. The van der Waals surface area contributed by atoms with E-state index < -0.39 is 11.8 Å². The van der Waals surface area contributed by atoms with Crippen molar-refractivity contribution in [1.82, 2.24) is 20.5 Å². The average Bonchev–Trinajstić information content (AvgIpc) is 2.70. The number of hydrogen-bond acceptors (Lipinski definition) is 5. The first-order valence-corrected chi connectivity index (χ1v) is 4.17. The van der Waals surface area contributed by atoms with Gasteiger partial charge in [0.25, 0.3) is 0 Å². The molecule has 0 spiro atoms. The van der Waals surface area contributed by atoms with Crippen LogP contribution in [-0.2, 0) is 14.3 Å². The lowest BCUT2D eigenvalue weighted by molar-refractivity contribution is -0.136. The Hall–Kier alpha value is -1.96. The van der Waals surface area contributed by atoms with Gasteiger partial charge in [-0.3, -0.25) is 14.9 Å². The summed E-state index contributed by atoms with van der Waals surface area (Å²) in [6, 6.07) is 0. The Kier molecular flexibility index (Phi) is 4.23. The number of hydrogen-bond donors (Lipinski definition) is 3. The topological polar surface area (TPSA) is 109 Å². The number of rotatable bonds is 4. The van der Waals surface area contributed by atoms with E-state index in [0.717, 1.165) is 0 Å². The number of aromatic amines is 1. The van der Waals surface area contributed by atoms with Crippen molar-refractivity contribution in [2.75, 3.05) is 25.6 Å². The van der Waals surface area contributed by atoms with E-state index in [1.54, 1.807) is 0 Å². The summed E-state index contributed by atoms with van der Waals surface area (Å²) in [5.74, 6) is -1.42. The Balaban J connectivity index is 2.30. The van der Waals surface area contributed by atoms with E-state index in [1.165, 1.54) is 13.4 Å². The van der Waals surface area contributed by atoms with Crippen LogP contribution in [0.3, 0.4) is 0 Å². The Morgan fingerprint density at radius 2 is 2.33 bits per heavy atom. The molecule has 0 aliphatic carbocycles. The molecule has 15 heavy (non-hydrogen) atoms. The number of ether oxygens (including phenoxy) is 1. The second-order valence-electron chi connectivity index (χ2n) is 2.54. The molecule has 3 N–H and O–H groups in total. The smallest absolute Gasteiger partial charge is 0.316 e. The number of amides is 2. The number of methoxy groups -OCH3 is 1. The molecule has 0 unspecified atom stereocenters. The van der Waals surface area contributed by atoms with Crippen molar-refractivity contribution in [3.05, 3.63) is 6.33 Å². The van der Waals surface area contributed by atoms with Crippen molar-refractivity contribution < 1.29 is 14.3 Å². The van der Waals surface area contributed by atoms with Gasteiger partial charge in [-0.1, -0.05) is 0 Å². The van der Waals surface area contributed by atoms with E-state index in [2.05, 4.69) is 25.8 Å². The van der Waals surface area contributed by atoms with E-state index in [4.69, 9.17) is 4.74 Å². The number of H-pyrrole nitrogens is 1. The molecule has 0 aliphatic rings. The molecule has 0 saturated heterocycles. The van der Waals surface area contributed by atoms with Crippen LogP contribution in [0.1, 0.15) is 0 Å². The van der Waals surface area contributed by atoms with Crippen molar-refractivity contribution in [2.24, 2.45) is 0 Å². The number of carbonyl (C=O) groups is 2. The summed E-state index contributed by atoms with van der Waals surface area (Å²) in [5.41, 5.74) is 0. The van der Waals surface area contributed by atoms with Crippen LogP contribution in [0, 0.1) is 0 Å². The molecule has 82 valence electrons. The van der Waals surface area contributed by atoms with Crippen molar-refractivity contribution >= 4 is 17.8 Å². The minimum absolute atomic E-state index is 0.127. The number of aromatic nitrogens is 3. The van der Waals surface area contributed by atoms with Crippen molar-refractivity contribution in [3.8, 4) is 0 Å². The van der Waals surface area contributed by atoms with Crippen LogP contribution in [0.15, 0.2) is 6.33 Å². The molecule has 2 amide bonds. The van der Waals surface area contributed by atoms with Gasteiger partial charge in [-0.25, -0.2) is 5.10 Å². The Morgan fingerprint density at radius 1 is 1.53 bits per heavy atom. The van der Waals surface area contributed by atoms with E-state index in [9.17, 15) is 9.59 Å². The van der Waals surface area contributed by atoms with E-state index >= 15 is 0 Å². The lowest BCUT2D eigenvalue weighted by Gasteiger charge is -2.03. The van der Waals surface area contributed by atoms with E-state index in [-0.39, 0.29) is 12.5 Å². The molecule has 1 rings (SSSR count). The van der Waals surface area contributed by atoms with Gasteiger partial charge in [-0.05, 0) is 0 Å². The molecule has 8 heteroatoms. The number of anilines is 1. The largest absolute Gasteiger partial charge is 0.383 e. The van der Waals surface area contributed by atoms with Gasteiger partial charge in [0.05, 0.1) is 6.61 Å².